The zero-order valence-corrected chi connectivity index (χ0v) is 8.82. The number of carbonyl (C=O) groups is 1. The molecule has 0 bridgehead atoms. The molecule has 0 saturated carbocycles. The van der Waals surface area contributed by atoms with Gasteiger partial charge in [-0.2, -0.15) is 0 Å². The van der Waals surface area contributed by atoms with Gasteiger partial charge in [-0.25, -0.2) is 0 Å². The van der Waals surface area contributed by atoms with Crippen molar-refractivity contribution in [2.75, 3.05) is 19.8 Å². The first-order valence-corrected chi connectivity index (χ1v) is 4.59. The van der Waals surface area contributed by atoms with E-state index in [1.165, 1.54) is 0 Å². The number of anilines is 1. The summed E-state index contributed by atoms with van der Waals surface area (Å²) in [5, 5.41) is 0. The lowest BCUT2D eigenvalue weighted by Crippen LogP contribution is -2.26. The normalized spacial score (nSPS) is 12.2. The van der Waals surface area contributed by atoms with E-state index in [2.05, 4.69) is 0 Å². The highest BCUT2D eigenvalue weighted by Crippen LogP contribution is 2.18. The molecule has 0 fully saturated rings. The van der Waals surface area contributed by atoms with E-state index in [1.54, 1.807) is 19.0 Å². The summed E-state index contributed by atoms with van der Waals surface area (Å²) in [6.07, 6.45) is 0. The molecule has 14 heavy (non-hydrogen) atoms. The first kappa shape index (κ1) is 10.6. The van der Waals surface area contributed by atoms with Gasteiger partial charge in [0.05, 0.1) is 5.92 Å². The topological polar surface area (TPSA) is 46.3 Å². The molecule has 1 atom stereocenters. The summed E-state index contributed by atoms with van der Waals surface area (Å²) < 4.78 is 0. The van der Waals surface area contributed by atoms with Crippen LogP contribution in [0.2, 0.25) is 0 Å². The van der Waals surface area contributed by atoms with Crippen molar-refractivity contribution in [3.05, 3.63) is 29.8 Å². The van der Waals surface area contributed by atoms with Gasteiger partial charge in [-0.3, -0.25) is 4.79 Å². The van der Waals surface area contributed by atoms with Crippen molar-refractivity contribution < 1.29 is 4.79 Å². The van der Waals surface area contributed by atoms with E-state index in [-0.39, 0.29) is 11.8 Å². The molecule has 0 aliphatic rings. The maximum absolute atomic E-state index is 11.6. The highest BCUT2D eigenvalue weighted by Gasteiger charge is 2.16. The Morgan fingerprint density at radius 3 is 2.57 bits per heavy atom. The molecule has 2 N–H and O–H groups in total. The molecule has 1 aromatic rings. The largest absolute Gasteiger partial charge is 0.399 e. The van der Waals surface area contributed by atoms with Crippen molar-refractivity contribution in [3.63, 3.8) is 0 Å². The molecule has 76 valence electrons. The third-order valence-corrected chi connectivity index (χ3v) is 2.22. The molecule has 0 aliphatic heterocycles. The minimum atomic E-state index is -0.131. The van der Waals surface area contributed by atoms with Crippen LogP contribution in [0.1, 0.15) is 18.4 Å². The number of hydrogen-bond acceptors (Lipinski definition) is 2. The molecule has 3 nitrogen and oxygen atoms in total. The number of nitrogens with two attached hydrogens (primary N) is 1. The van der Waals surface area contributed by atoms with E-state index in [1.807, 2.05) is 31.2 Å². The summed E-state index contributed by atoms with van der Waals surface area (Å²) >= 11 is 0. The summed E-state index contributed by atoms with van der Waals surface area (Å²) in [7, 11) is 3.51. The van der Waals surface area contributed by atoms with Gasteiger partial charge in [-0.05, 0) is 24.6 Å². The number of amides is 1. The van der Waals surface area contributed by atoms with Crippen molar-refractivity contribution in [1.29, 1.82) is 0 Å². The molecule has 0 radical (unpaired) electrons. The van der Waals surface area contributed by atoms with Crippen molar-refractivity contribution in [2.24, 2.45) is 0 Å². The average molecular weight is 192 g/mol. The number of carbonyl (C=O) groups excluding carboxylic acids is 1. The SMILES string of the molecule is CC(C(=O)N(C)C)c1cccc(N)c1. The van der Waals surface area contributed by atoms with Gasteiger partial charge in [-0.15, -0.1) is 0 Å². The van der Waals surface area contributed by atoms with Crippen LogP contribution in [-0.2, 0) is 4.79 Å². The lowest BCUT2D eigenvalue weighted by molar-refractivity contribution is -0.129. The third kappa shape index (κ3) is 2.25. The molecule has 0 aromatic heterocycles. The summed E-state index contributed by atoms with van der Waals surface area (Å²) in [4.78, 5) is 13.2. The Morgan fingerprint density at radius 2 is 2.07 bits per heavy atom. The number of benzene rings is 1. The van der Waals surface area contributed by atoms with Gasteiger partial charge in [-0.1, -0.05) is 12.1 Å². The summed E-state index contributed by atoms with van der Waals surface area (Å²) in [6.45, 7) is 1.89. The molecule has 1 unspecified atom stereocenters. The van der Waals surface area contributed by atoms with Crippen LogP contribution in [-0.4, -0.2) is 24.9 Å². The number of hydrogen-bond donors (Lipinski definition) is 1. The Hall–Kier alpha value is -1.51. The molecule has 0 aliphatic carbocycles. The third-order valence-electron chi connectivity index (χ3n) is 2.22. The zero-order valence-electron chi connectivity index (χ0n) is 8.82. The molecule has 0 saturated heterocycles. The average Bonchev–Trinajstić information content (AvgIpc) is 2.15. The number of rotatable bonds is 2. The van der Waals surface area contributed by atoms with Crippen molar-refractivity contribution in [3.8, 4) is 0 Å². The predicted octanol–water partition coefficient (Wildman–Crippen LogP) is 1.46. The van der Waals surface area contributed by atoms with E-state index < -0.39 is 0 Å². The Morgan fingerprint density at radius 1 is 1.43 bits per heavy atom. The van der Waals surface area contributed by atoms with E-state index in [4.69, 9.17) is 5.73 Å². The molecular formula is C11H16N2O. The van der Waals surface area contributed by atoms with E-state index in [0.29, 0.717) is 5.69 Å². The first-order chi connectivity index (χ1) is 6.52. The highest BCUT2D eigenvalue weighted by molar-refractivity contribution is 5.83. The van der Waals surface area contributed by atoms with Gasteiger partial charge in [0.1, 0.15) is 0 Å². The Bertz CT molecular complexity index is 334. The van der Waals surface area contributed by atoms with Crippen LogP contribution < -0.4 is 5.73 Å². The minimum absolute atomic E-state index is 0.0931. The lowest BCUT2D eigenvalue weighted by Gasteiger charge is -2.17. The predicted molar refractivity (Wildman–Crippen MR) is 58.0 cm³/mol. The highest BCUT2D eigenvalue weighted by atomic mass is 16.2. The molecule has 0 spiro atoms. The maximum Gasteiger partial charge on any atom is 0.229 e. The minimum Gasteiger partial charge on any atom is -0.399 e. The Kier molecular flexibility index (Phi) is 3.12. The van der Waals surface area contributed by atoms with Gasteiger partial charge in [0.25, 0.3) is 0 Å². The number of likely N-dealkylation sites (N-methyl/N-ethyl adjacent to an activating group) is 1. The van der Waals surface area contributed by atoms with Gasteiger partial charge < -0.3 is 10.6 Å². The number of nitrogen functional groups attached to an aromatic ring is 1. The number of nitrogens with zero attached hydrogens (tertiary/aromatic N) is 1. The fourth-order valence-corrected chi connectivity index (χ4v) is 1.36. The lowest BCUT2D eigenvalue weighted by atomic mass is 9.99. The fraction of sp³-hybridized carbons (Fsp3) is 0.364. The van der Waals surface area contributed by atoms with Crippen LogP contribution in [0.25, 0.3) is 0 Å². The van der Waals surface area contributed by atoms with Gasteiger partial charge >= 0.3 is 0 Å². The molecule has 1 amide bonds. The quantitative estimate of drug-likeness (QED) is 0.721. The monoisotopic (exact) mass is 192 g/mol. The molecule has 3 heteroatoms. The van der Waals surface area contributed by atoms with Crippen molar-refractivity contribution >= 4 is 11.6 Å². The molecule has 1 aromatic carbocycles. The molecular weight excluding hydrogens is 176 g/mol. The second-order valence-electron chi connectivity index (χ2n) is 3.62. The van der Waals surface area contributed by atoms with Crippen molar-refractivity contribution in [2.45, 2.75) is 12.8 Å². The second kappa shape index (κ2) is 4.13. The Balaban J connectivity index is 2.89. The van der Waals surface area contributed by atoms with Crippen LogP contribution in [0.3, 0.4) is 0 Å². The summed E-state index contributed by atoms with van der Waals surface area (Å²) in [6, 6.07) is 7.44. The second-order valence-corrected chi connectivity index (χ2v) is 3.62. The first-order valence-electron chi connectivity index (χ1n) is 4.59. The van der Waals surface area contributed by atoms with Gasteiger partial charge in [0.2, 0.25) is 5.91 Å². The maximum atomic E-state index is 11.6. The van der Waals surface area contributed by atoms with Crippen molar-refractivity contribution in [1.82, 2.24) is 4.90 Å². The van der Waals surface area contributed by atoms with Crippen LogP contribution >= 0.6 is 0 Å². The van der Waals surface area contributed by atoms with E-state index >= 15 is 0 Å². The molecule has 1 rings (SSSR count). The van der Waals surface area contributed by atoms with Crippen LogP contribution in [0.5, 0.6) is 0 Å². The van der Waals surface area contributed by atoms with Crippen LogP contribution in [0.4, 0.5) is 5.69 Å². The Labute approximate surface area is 84.5 Å². The van der Waals surface area contributed by atoms with E-state index in [0.717, 1.165) is 5.56 Å². The molecule has 0 heterocycles. The zero-order chi connectivity index (χ0) is 10.7. The van der Waals surface area contributed by atoms with Gasteiger partial charge in [0, 0.05) is 19.8 Å². The fourth-order valence-electron chi connectivity index (χ4n) is 1.36. The van der Waals surface area contributed by atoms with E-state index in [9.17, 15) is 4.79 Å². The summed E-state index contributed by atoms with van der Waals surface area (Å²) in [5.41, 5.74) is 7.30. The standard InChI is InChI=1S/C11H16N2O/c1-8(11(14)13(2)3)9-5-4-6-10(12)7-9/h4-8H,12H2,1-3H3. The van der Waals surface area contributed by atoms with Gasteiger partial charge in [0.15, 0.2) is 0 Å². The van der Waals surface area contributed by atoms with Crippen LogP contribution in [0.15, 0.2) is 24.3 Å². The van der Waals surface area contributed by atoms with Crippen LogP contribution in [0, 0.1) is 0 Å². The smallest absolute Gasteiger partial charge is 0.229 e. The summed E-state index contributed by atoms with van der Waals surface area (Å²) in [5.74, 6) is -0.0379.